The molecule has 6 unspecified atom stereocenters. The fourth-order valence-electron chi connectivity index (χ4n) is 4.48. The van der Waals surface area contributed by atoms with Crippen LogP contribution in [0.4, 0.5) is 0 Å². The Morgan fingerprint density at radius 1 is 1.11 bits per heavy atom. The monoisotopic (exact) mass is 317 g/mol. The van der Waals surface area contributed by atoms with Crippen LogP contribution in [-0.4, -0.2) is 24.2 Å². The predicted octanol–water partition coefficient (Wildman–Crippen LogP) is 2.63. The molecule has 0 spiro atoms. The largest absolute Gasteiger partial charge is 0.286 e. The van der Waals surface area contributed by atoms with Crippen molar-refractivity contribution in [1.29, 1.82) is 0 Å². The van der Waals surface area contributed by atoms with Crippen LogP contribution in [0.15, 0.2) is 49.3 Å². The van der Waals surface area contributed by atoms with E-state index in [2.05, 4.69) is 66.2 Å². The van der Waals surface area contributed by atoms with Crippen LogP contribution < -0.4 is 5.43 Å². The smallest absolute Gasteiger partial charge is 0.107 e. The van der Waals surface area contributed by atoms with Crippen molar-refractivity contribution in [2.75, 3.05) is 0 Å². The summed E-state index contributed by atoms with van der Waals surface area (Å²) in [6.45, 7) is 0. The van der Waals surface area contributed by atoms with E-state index in [4.69, 9.17) is 0 Å². The Labute approximate surface area is 118 Å². The fraction of sp³-hybridized carbons (Fsp3) is 0.538. The SMILES string of the molecule is Brc1ccc(C23CC(C4N=NC42)C2NN=NC23)cc1. The van der Waals surface area contributed by atoms with Gasteiger partial charge in [-0.3, -0.25) is 5.43 Å². The molecular weight excluding hydrogens is 306 g/mol. The number of hydrogen-bond donors (Lipinski definition) is 1. The summed E-state index contributed by atoms with van der Waals surface area (Å²) in [4.78, 5) is 0. The summed E-state index contributed by atoms with van der Waals surface area (Å²) in [6, 6.07) is 9.87. The lowest BCUT2D eigenvalue weighted by Crippen LogP contribution is -2.58. The van der Waals surface area contributed by atoms with Crippen molar-refractivity contribution in [3.63, 3.8) is 0 Å². The first kappa shape index (κ1) is 10.5. The Morgan fingerprint density at radius 2 is 1.95 bits per heavy atom. The molecule has 0 aromatic heterocycles. The van der Waals surface area contributed by atoms with Gasteiger partial charge in [-0.2, -0.15) is 15.3 Å². The molecule has 5 nitrogen and oxygen atoms in total. The molecule has 5 rings (SSSR count). The average Bonchev–Trinajstić information content (AvgIpc) is 2.98. The lowest BCUT2D eigenvalue weighted by atomic mass is 9.68. The van der Waals surface area contributed by atoms with Gasteiger partial charge >= 0.3 is 0 Å². The zero-order chi connectivity index (χ0) is 12.6. The molecular formula is C13H12BrN5. The van der Waals surface area contributed by atoms with Gasteiger partial charge in [0.1, 0.15) is 18.1 Å². The average molecular weight is 318 g/mol. The lowest BCUT2D eigenvalue weighted by molar-refractivity contribution is 0.204. The third kappa shape index (κ3) is 1.05. The van der Waals surface area contributed by atoms with Crippen LogP contribution in [0, 0.1) is 5.92 Å². The van der Waals surface area contributed by atoms with Crippen molar-refractivity contribution in [3.8, 4) is 0 Å². The molecule has 4 aliphatic rings. The normalized spacial score (nSPS) is 47.7. The molecule has 0 amide bonds. The van der Waals surface area contributed by atoms with Crippen LogP contribution in [0.1, 0.15) is 12.0 Å². The zero-order valence-corrected chi connectivity index (χ0v) is 11.7. The minimum absolute atomic E-state index is 0.00938. The molecule has 2 heterocycles. The first-order chi connectivity index (χ1) is 9.30. The second kappa shape index (κ2) is 3.23. The van der Waals surface area contributed by atoms with E-state index in [9.17, 15) is 0 Å². The molecule has 1 aromatic rings. The predicted molar refractivity (Wildman–Crippen MR) is 71.9 cm³/mol. The van der Waals surface area contributed by atoms with Gasteiger partial charge in [-0.15, -0.1) is 0 Å². The first-order valence-electron chi connectivity index (χ1n) is 6.62. The maximum Gasteiger partial charge on any atom is 0.107 e. The Balaban J connectivity index is 1.70. The summed E-state index contributed by atoms with van der Waals surface area (Å²) in [5.74, 6) is 0.533. The van der Waals surface area contributed by atoms with Crippen LogP contribution in [0.2, 0.25) is 0 Å². The van der Waals surface area contributed by atoms with Gasteiger partial charge in [0.2, 0.25) is 0 Å². The van der Waals surface area contributed by atoms with Crippen LogP contribution in [0.3, 0.4) is 0 Å². The fourth-order valence-corrected chi connectivity index (χ4v) is 4.75. The molecule has 2 saturated carbocycles. The summed E-state index contributed by atoms with van der Waals surface area (Å²) >= 11 is 3.51. The topological polar surface area (TPSA) is 61.5 Å². The second-order valence-electron chi connectivity index (χ2n) is 5.90. The van der Waals surface area contributed by atoms with Crippen LogP contribution in [-0.2, 0) is 5.41 Å². The standard InChI is InChI=1S/C13H12BrN5/c14-7-3-1-6(2-4-7)13-5-8(9-11(13)17-15-9)10-12(13)18-19-16-10/h1-4,8-12H,5H2,(H,16,18). The van der Waals surface area contributed by atoms with Crippen LogP contribution >= 0.6 is 15.9 Å². The number of halogens is 1. The molecule has 0 saturated heterocycles. The van der Waals surface area contributed by atoms with Crippen molar-refractivity contribution >= 4 is 15.9 Å². The third-order valence-electron chi connectivity index (χ3n) is 5.29. The zero-order valence-electron chi connectivity index (χ0n) is 10.1. The van der Waals surface area contributed by atoms with Crippen LogP contribution in [0.5, 0.6) is 0 Å². The van der Waals surface area contributed by atoms with Gasteiger partial charge in [0.15, 0.2) is 0 Å². The van der Waals surface area contributed by atoms with Crippen molar-refractivity contribution in [3.05, 3.63) is 34.3 Å². The second-order valence-corrected chi connectivity index (χ2v) is 6.81. The minimum atomic E-state index is 0.00938. The van der Waals surface area contributed by atoms with E-state index in [0.29, 0.717) is 24.0 Å². The van der Waals surface area contributed by atoms with E-state index in [-0.39, 0.29) is 11.5 Å². The molecule has 2 fully saturated rings. The Kier molecular flexibility index (Phi) is 1.78. The van der Waals surface area contributed by atoms with Crippen molar-refractivity contribution < 1.29 is 0 Å². The van der Waals surface area contributed by atoms with Gasteiger partial charge in [0.25, 0.3) is 0 Å². The van der Waals surface area contributed by atoms with Gasteiger partial charge in [-0.1, -0.05) is 33.3 Å². The summed E-state index contributed by atoms with van der Waals surface area (Å²) < 4.78 is 1.11. The van der Waals surface area contributed by atoms with E-state index in [0.717, 1.165) is 10.9 Å². The highest BCUT2D eigenvalue weighted by Gasteiger charge is 2.72. The molecule has 2 bridgehead atoms. The molecule has 6 heteroatoms. The molecule has 0 radical (unpaired) electrons. The maximum atomic E-state index is 4.47. The number of rotatable bonds is 1. The number of hydrogen-bond acceptors (Lipinski definition) is 5. The van der Waals surface area contributed by atoms with Crippen molar-refractivity contribution in [2.45, 2.75) is 36.0 Å². The van der Waals surface area contributed by atoms with Crippen molar-refractivity contribution in [2.24, 2.45) is 26.5 Å². The molecule has 96 valence electrons. The van der Waals surface area contributed by atoms with E-state index >= 15 is 0 Å². The first-order valence-corrected chi connectivity index (χ1v) is 7.41. The number of azo groups is 1. The number of nitrogens with zero attached hydrogens (tertiary/aromatic N) is 4. The van der Waals surface area contributed by atoms with E-state index in [1.54, 1.807) is 0 Å². The Bertz CT molecular complexity index is 612. The maximum absolute atomic E-state index is 4.47. The summed E-state index contributed by atoms with van der Waals surface area (Å²) in [5, 5.41) is 17.3. The van der Waals surface area contributed by atoms with Crippen LogP contribution in [0.25, 0.3) is 0 Å². The molecule has 19 heavy (non-hydrogen) atoms. The molecule has 6 atom stereocenters. The number of nitrogens with one attached hydrogen (secondary N) is 1. The molecule has 2 aliphatic heterocycles. The lowest BCUT2D eigenvalue weighted by Gasteiger charge is -2.43. The Hall–Kier alpha value is -1.30. The van der Waals surface area contributed by atoms with Crippen molar-refractivity contribution in [1.82, 2.24) is 5.43 Å². The molecule has 1 N–H and O–H groups in total. The van der Waals surface area contributed by atoms with Gasteiger partial charge in [0.05, 0.1) is 6.04 Å². The summed E-state index contributed by atoms with van der Waals surface area (Å²) in [7, 11) is 0. The highest BCUT2D eigenvalue weighted by Crippen LogP contribution is 2.62. The van der Waals surface area contributed by atoms with E-state index in [1.165, 1.54) is 5.56 Å². The summed E-state index contributed by atoms with van der Waals surface area (Å²) in [6.07, 6.45) is 1.12. The number of benzene rings is 1. The van der Waals surface area contributed by atoms with Gasteiger partial charge in [-0.25, -0.2) is 0 Å². The Morgan fingerprint density at radius 3 is 2.68 bits per heavy atom. The van der Waals surface area contributed by atoms with Gasteiger partial charge in [-0.05, 0) is 24.1 Å². The van der Waals surface area contributed by atoms with E-state index < -0.39 is 0 Å². The van der Waals surface area contributed by atoms with Gasteiger partial charge in [0, 0.05) is 15.8 Å². The third-order valence-corrected chi connectivity index (χ3v) is 5.82. The molecule has 1 aromatic carbocycles. The van der Waals surface area contributed by atoms with Gasteiger partial charge < -0.3 is 0 Å². The summed E-state index contributed by atoms with van der Waals surface area (Å²) in [5.41, 5.74) is 4.53. The highest BCUT2D eigenvalue weighted by atomic mass is 79.9. The number of fused-ring (bicyclic) bond motifs is 8. The quantitative estimate of drug-likeness (QED) is 0.850. The minimum Gasteiger partial charge on any atom is -0.286 e. The molecule has 2 aliphatic carbocycles. The van der Waals surface area contributed by atoms with E-state index in [1.807, 2.05) is 0 Å². The highest BCUT2D eigenvalue weighted by molar-refractivity contribution is 9.10.